The maximum absolute atomic E-state index is 9.69. The number of rotatable bonds is 2. The Bertz CT molecular complexity index is 558. The molecule has 0 aliphatic rings. The summed E-state index contributed by atoms with van der Waals surface area (Å²) in [6.07, 6.45) is 3.97. The van der Waals surface area contributed by atoms with Crippen LogP contribution in [0.2, 0.25) is 0 Å². The molecule has 18 heavy (non-hydrogen) atoms. The van der Waals surface area contributed by atoms with Gasteiger partial charge in [0, 0.05) is 0 Å². The van der Waals surface area contributed by atoms with Gasteiger partial charge in [-0.3, -0.25) is 0 Å². The Balaban J connectivity index is 2.26. The number of hydrogen-bond acceptors (Lipinski definition) is 2. The third-order valence-electron chi connectivity index (χ3n) is 2.87. The van der Waals surface area contributed by atoms with Crippen LogP contribution in [0.3, 0.4) is 0 Å². The molecule has 0 spiro atoms. The van der Waals surface area contributed by atoms with Crippen LogP contribution in [0.1, 0.15) is 22.3 Å². The fourth-order valence-corrected chi connectivity index (χ4v) is 1.86. The maximum Gasteiger partial charge on any atom is 0.121 e. The maximum atomic E-state index is 9.69. The number of hydrogen-bond donors (Lipinski definition) is 2. The first kappa shape index (κ1) is 12.2. The van der Waals surface area contributed by atoms with E-state index in [2.05, 4.69) is 0 Å². The Morgan fingerprint density at radius 1 is 0.778 bits per heavy atom. The SMILES string of the molecule is Cc1cc(/C=C/c2ccc(O)cc2)cc(C)c1O. The molecular formula is C16H16O2. The van der Waals surface area contributed by atoms with E-state index in [-0.39, 0.29) is 5.75 Å². The van der Waals surface area contributed by atoms with Gasteiger partial charge in [-0.1, -0.05) is 24.3 Å². The second-order valence-electron chi connectivity index (χ2n) is 4.43. The van der Waals surface area contributed by atoms with Crippen molar-refractivity contribution in [2.75, 3.05) is 0 Å². The van der Waals surface area contributed by atoms with Crippen molar-refractivity contribution in [2.45, 2.75) is 13.8 Å². The van der Waals surface area contributed by atoms with Gasteiger partial charge in [0.05, 0.1) is 0 Å². The standard InChI is InChI=1S/C16H16O2/c1-11-9-14(10-12(2)16(11)18)4-3-13-5-7-15(17)8-6-13/h3-10,17-18H,1-2H3/b4-3+. The lowest BCUT2D eigenvalue weighted by Gasteiger charge is -2.04. The average molecular weight is 240 g/mol. The molecule has 0 atom stereocenters. The van der Waals surface area contributed by atoms with Crippen LogP contribution in [0.15, 0.2) is 36.4 Å². The summed E-state index contributed by atoms with van der Waals surface area (Å²) in [6.45, 7) is 3.78. The topological polar surface area (TPSA) is 40.5 Å². The van der Waals surface area contributed by atoms with Crippen molar-refractivity contribution < 1.29 is 10.2 Å². The van der Waals surface area contributed by atoms with Gasteiger partial charge < -0.3 is 10.2 Å². The van der Waals surface area contributed by atoms with Crippen LogP contribution >= 0.6 is 0 Å². The van der Waals surface area contributed by atoms with E-state index in [0.29, 0.717) is 5.75 Å². The van der Waals surface area contributed by atoms with Crippen molar-refractivity contribution in [3.05, 3.63) is 58.7 Å². The Labute approximate surface area is 107 Å². The van der Waals surface area contributed by atoms with Crippen molar-refractivity contribution in [1.82, 2.24) is 0 Å². The van der Waals surface area contributed by atoms with Gasteiger partial charge in [0.2, 0.25) is 0 Å². The van der Waals surface area contributed by atoms with E-state index >= 15 is 0 Å². The Morgan fingerprint density at radius 3 is 1.83 bits per heavy atom. The van der Waals surface area contributed by atoms with Gasteiger partial charge in [-0.15, -0.1) is 0 Å². The molecule has 0 fully saturated rings. The van der Waals surface area contributed by atoms with Crippen LogP contribution in [0.25, 0.3) is 12.2 Å². The second-order valence-corrected chi connectivity index (χ2v) is 4.43. The van der Waals surface area contributed by atoms with E-state index in [1.807, 2.05) is 50.3 Å². The molecule has 2 heteroatoms. The van der Waals surface area contributed by atoms with Crippen LogP contribution in [0.5, 0.6) is 11.5 Å². The van der Waals surface area contributed by atoms with E-state index in [0.717, 1.165) is 22.3 Å². The van der Waals surface area contributed by atoms with E-state index in [1.54, 1.807) is 12.1 Å². The van der Waals surface area contributed by atoms with Crippen LogP contribution in [-0.2, 0) is 0 Å². The second kappa shape index (κ2) is 4.96. The Hall–Kier alpha value is -2.22. The molecule has 2 nitrogen and oxygen atoms in total. The first-order chi connectivity index (χ1) is 8.56. The minimum Gasteiger partial charge on any atom is -0.508 e. The molecular weight excluding hydrogens is 224 g/mol. The van der Waals surface area contributed by atoms with Gasteiger partial charge >= 0.3 is 0 Å². The highest BCUT2D eigenvalue weighted by molar-refractivity contribution is 5.71. The summed E-state index contributed by atoms with van der Waals surface area (Å²) in [5.74, 6) is 0.625. The monoisotopic (exact) mass is 240 g/mol. The lowest BCUT2D eigenvalue weighted by molar-refractivity contribution is 0.467. The molecule has 0 bridgehead atoms. The third kappa shape index (κ3) is 2.72. The highest BCUT2D eigenvalue weighted by atomic mass is 16.3. The first-order valence-corrected chi connectivity index (χ1v) is 5.83. The number of aromatic hydroxyl groups is 2. The third-order valence-corrected chi connectivity index (χ3v) is 2.87. The smallest absolute Gasteiger partial charge is 0.121 e. The molecule has 0 heterocycles. The molecule has 0 aliphatic carbocycles. The molecule has 0 saturated heterocycles. The Morgan fingerprint density at radius 2 is 1.28 bits per heavy atom. The molecule has 0 saturated carbocycles. The summed E-state index contributed by atoms with van der Waals surface area (Å²) in [5.41, 5.74) is 3.83. The minimum absolute atomic E-state index is 0.267. The summed E-state index contributed by atoms with van der Waals surface area (Å²) in [6, 6.07) is 10.9. The van der Waals surface area contributed by atoms with Crippen LogP contribution in [0.4, 0.5) is 0 Å². The largest absolute Gasteiger partial charge is 0.508 e. The van der Waals surface area contributed by atoms with Gasteiger partial charge in [0.25, 0.3) is 0 Å². The summed E-state index contributed by atoms with van der Waals surface area (Å²) in [5, 5.41) is 18.9. The fourth-order valence-electron chi connectivity index (χ4n) is 1.86. The van der Waals surface area contributed by atoms with Gasteiger partial charge in [-0.05, 0) is 60.4 Å². The zero-order valence-electron chi connectivity index (χ0n) is 10.5. The van der Waals surface area contributed by atoms with E-state index in [1.165, 1.54) is 0 Å². The molecule has 2 aromatic carbocycles. The molecule has 92 valence electrons. The number of benzene rings is 2. The van der Waals surface area contributed by atoms with Gasteiger partial charge in [0.15, 0.2) is 0 Å². The number of aryl methyl sites for hydroxylation is 2. The van der Waals surface area contributed by atoms with Crippen molar-refractivity contribution in [2.24, 2.45) is 0 Å². The summed E-state index contributed by atoms with van der Waals surface area (Å²) in [7, 11) is 0. The number of phenols is 2. The normalized spacial score (nSPS) is 11.0. The molecule has 0 unspecified atom stereocenters. The molecule has 2 aromatic rings. The Kier molecular flexibility index (Phi) is 3.38. The first-order valence-electron chi connectivity index (χ1n) is 5.83. The van der Waals surface area contributed by atoms with Crippen molar-refractivity contribution in [1.29, 1.82) is 0 Å². The molecule has 2 rings (SSSR count). The van der Waals surface area contributed by atoms with Gasteiger partial charge in [0.1, 0.15) is 11.5 Å². The zero-order chi connectivity index (χ0) is 13.1. The summed E-state index contributed by atoms with van der Waals surface area (Å²) >= 11 is 0. The minimum atomic E-state index is 0.267. The van der Waals surface area contributed by atoms with Crippen LogP contribution in [0, 0.1) is 13.8 Å². The average Bonchev–Trinajstić information content (AvgIpc) is 2.35. The van der Waals surface area contributed by atoms with Crippen molar-refractivity contribution in [3.63, 3.8) is 0 Å². The van der Waals surface area contributed by atoms with Crippen LogP contribution in [-0.4, -0.2) is 10.2 Å². The van der Waals surface area contributed by atoms with Gasteiger partial charge in [-0.2, -0.15) is 0 Å². The van der Waals surface area contributed by atoms with Crippen molar-refractivity contribution >= 4 is 12.2 Å². The highest BCUT2D eigenvalue weighted by Crippen LogP contribution is 2.24. The van der Waals surface area contributed by atoms with Crippen molar-refractivity contribution in [3.8, 4) is 11.5 Å². The molecule has 0 amide bonds. The predicted molar refractivity (Wildman–Crippen MR) is 74.6 cm³/mol. The summed E-state index contributed by atoms with van der Waals surface area (Å²) < 4.78 is 0. The highest BCUT2D eigenvalue weighted by Gasteiger charge is 2.01. The molecule has 0 aliphatic heterocycles. The summed E-state index contributed by atoms with van der Waals surface area (Å²) in [4.78, 5) is 0. The van der Waals surface area contributed by atoms with Crippen LogP contribution < -0.4 is 0 Å². The molecule has 0 aromatic heterocycles. The molecule has 0 radical (unpaired) electrons. The van der Waals surface area contributed by atoms with Gasteiger partial charge in [-0.25, -0.2) is 0 Å². The lowest BCUT2D eigenvalue weighted by Crippen LogP contribution is -1.83. The van der Waals surface area contributed by atoms with E-state index in [4.69, 9.17) is 0 Å². The number of phenolic OH excluding ortho intramolecular Hbond substituents is 2. The van der Waals surface area contributed by atoms with E-state index < -0.39 is 0 Å². The predicted octanol–water partition coefficient (Wildman–Crippen LogP) is 3.89. The fraction of sp³-hybridized carbons (Fsp3) is 0.125. The quantitative estimate of drug-likeness (QED) is 0.782. The van der Waals surface area contributed by atoms with E-state index in [9.17, 15) is 10.2 Å². The zero-order valence-corrected chi connectivity index (χ0v) is 10.5. The molecule has 2 N–H and O–H groups in total. The lowest BCUT2D eigenvalue weighted by atomic mass is 10.0.